The maximum absolute atomic E-state index is 15.8. The van der Waals surface area contributed by atoms with E-state index in [1.165, 1.54) is 24.5 Å². The fraction of sp³-hybridized carbons (Fsp3) is 0.478. The van der Waals surface area contributed by atoms with Crippen molar-refractivity contribution < 1.29 is 42.5 Å². The van der Waals surface area contributed by atoms with Gasteiger partial charge in [0, 0.05) is 24.7 Å². The Hall–Kier alpha value is -4.07. The van der Waals surface area contributed by atoms with E-state index in [1.807, 2.05) is 0 Å². The Labute approximate surface area is 208 Å². The summed E-state index contributed by atoms with van der Waals surface area (Å²) in [6.45, 7) is 1.87. The van der Waals surface area contributed by atoms with Gasteiger partial charge < -0.3 is 23.7 Å². The average Bonchev–Trinajstić information content (AvgIpc) is 3.40. The van der Waals surface area contributed by atoms with E-state index < -0.39 is 72.9 Å². The lowest BCUT2D eigenvalue weighted by Gasteiger charge is -2.24. The second-order valence-electron chi connectivity index (χ2n) is 8.36. The molecule has 0 saturated carbocycles. The fourth-order valence-electron chi connectivity index (χ4n) is 4.02. The van der Waals surface area contributed by atoms with Crippen LogP contribution in [0.2, 0.25) is 0 Å². The maximum Gasteiger partial charge on any atom is 0.509 e. The number of nitrogens with zero attached hydrogens (tertiary/aromatic N) is 3. The van der Waals surface area contributed by atoms with Gasteiger partial charge in [-0.05, 0) is 25.0 Å². The average molecular weight is 521 g/mol. The van der Waals surface area contributed by atoms with Gasteiger partial charge in [0.05, 0.1) is 11.5 Å². The second kappa shape index (κ2) is 10.5. The third-order valence-electron chi connectivity index (χ3n) is 6.10. The van der Waals surface area contributed by atoms with Crippen molar-refractivity contribution in [2.45, 2.75) is 57.7 Å². The van der Waals surface area contributed by atoms with E-state index in [0.29, 0.717) is 17.4 Å². The molecule has 14 heteroatoms. The standard InChI is InChI=1S/C23H24FN3O10/c1-3-13(4-2)19(29)33-11-23(24)17-16(35-22(32)36-17)18(37-23)26-9-7-15(28)27(21(26)31)12-34-20(30)14-6-5-8-25-10-14/h5-10,13,16-18H,3-4,11-12H2,1-2H3/t16-,17+,18-,23-/m1/s1. The summed E-state index contributed by atoms with van der Waals surface area (Å²) in [4.78, 5) is 65.5. The molecule has 198 valence electrons. The minimum atomic E-state index is -2.84. The van der Waals surface area contributed by atoms with Crippen molar-refractivity contribution in [3.8, 4) is 0 Å². The highest BCUT2D eigenvalue weighted by molar-refractivity contribution is 5.88. The zero-order valence-electron chi connectivity index (χ0n) is 19.9. The van der Waals surface area contributed by atoms with Gasteiger partial charge in [0.15, 0.2) is 25.7 Å². The number of pyridine rings is 1. The van der Waals surface area contributed by atoms with Crippen LogP contribution in [0, 0.1) is 5.92 Å². The fourth-order valence-corrected chi connectivity index (χ4v) is 4.02. The van der Waals surface area contributed by atoms with Gasteiger partial charge in [0.2, 0.25) is 6.10 Å². The van der Waals surface area contributed by atoms with Gasteiger partial charge in [-0.25, -0.2) is 23.3 Å². The quantitative estimate of drug-likeness (QED) is 0.346. The summed E-state index contributed by atoms with van der Waals surface area (Å²) in [6, 6.07) is 3.89. The smallest absolute Gasteiger partial charge is 0.459 e. The third-order valence-corrected chi connectivity index (χ3v) is 6.10. The summed E-state index contributed by atoms with van der Waals surface area (Å²) in [5.74, 6) is -4.79. The molecular weight excluding hydrogens is 497 g/mol. The molecule has 0 unspecified atom stereocenters. The monoisotopic (exact) mass is 521 g/mol. The van der Waals surface area contributed by atoms with E-state index in [-0.39, 0.29) is 5.56 Å². The van der Waals surface area contributed by atoms with Gasteiger partial charge in [0.1, 0.15) is 0 Å². The molecule has 0 spiro atoms. The molecule has 2 saturated heterocycles. The van der Waals surface area contributed by atoms with Crippen LogP contribution in [0.3, 0.4) is 0 Å². The Morgan fingerprint density at radius 1 is 1.16 bits per heavy atom. The number of halogens is 1. The molecule has 4 rings (SSSR count). The molecule has 0 bridgehead atoms. The van der Waals surface area contributed by atoms with Crippen LogP contribution in [-0.4, -0.2) is 56.9 Å². The molecule has 2 aromatic heterocycles. The lowest BCUT2D eigenvalue weighted by molar-refractivity contribution is -0.221. The Morgan fingerprint density at radius 2 is 1.92 bits per heavy atom. The summed E-state index contributed by atoms with van der Waals surface area (Å²) in [5, 5.41) is 0. The summed E-state index contributed by atoms with van der Waals surface area (Å²) in [7, 11) is 0. The molecule has 37 heavy (non-hydrogen) atoms. The number of aromatic nitrogens is 3. The summed E-state index contributed by atoms with van der Waals surface area (Å²) in [6.07, 6.45) is -1.23. The number of hydrogen-bond donors (Lipinski definition) is 0. The van der Waals surface area contributed by atoms with Crippen LogP contribution in [0.25, 0.3) is 0 Å². The van der Waals surface area contributed by atoms with Crippen LogP contribution in [0.1, 0.15) is 43.3 Å². The van der Waals surface area contributed by atoms with Gasteiger partial charge in [0.25, 0.3) is 11.4 Å². The van der Waals surface area contributed by atoms with Crippen LogP contribution >= 0.6 is 0 Å². The van der Waals surface area contributed by atoms with Crippen molar-refractivity contribution in [2.24, 2.45) is 5.92 Å². The van der Waals surface area contributed by atoms with Gasteiger partial charge in [-0.1, -0.05) is 13.8 Å². The van der Waals surface area contributed by atoms with Crippen LogP contribution < -0.4 is 11.2 Å². The van der Waals surface area contributed by atoms with Crippen molar-refractivity contribution in [3.63, 3.8) is 0 Å². The van der Waals surface area contributed by atoms with Crippen molar-refractivity contribution in [1.82, 2.24) is 14.1 Å². The van der Waals surface area contributed by atoms with Crippen molar-refractivity contribution in [2.75, 3.05) is 6.61 Å². The molecule has 2 aromatic rings. The zero-order chi connectivity index (χ0) is 26.7. The highest BCUT2D eigenvalue weighted by atomic mass is 19.2. The lowest BCUT2D eigenvalue weighted by Crippen LogP contribution is -2.43. The topological polar surface area (TPSA) is 154 Å². The summed E-state index contributed by atoms with van der Waals surface area (Å²) >= 11 is 0. The maximum atomic E-state index is 15.8. The highest BCUT2D eigenvalue weighted by Gasteiger charge is 2.65. The minimum absolute atomic E-state index is 0.0916. The summed E-state index contributed by atoms with van der Waals surface area (Å²) < 4.78 is 42.7. The van der Waals surface area contributed by atoms with E-state index in [2.05, 4.69) is 4.98 Å². The number of hydrogen-bond acceptors (Lipinski definition) is 11. The molecular formula is C23H24FN3O10. The Kier molecular flexibility index (Phi) is 7.38. The van der Waals surface area contributed by atoms with Crippen molar-refractivity contribution in [1.29, 1.82) is 0 Å². The number of fused-ring (bicyclic) bond motifs is 1. The SMILES string of the molecule is CCC(CC)C(=O)OC[C@@]1(F)O[C@@H](n2ccc(=O)n(COC(=O)c3cccnc3)c2=O)[C@@H]2OC(=O)O[C@@H]21. The number of alkyl halides is 1. The Balaban J connectivity index is 1.56. The van der Waals surface area contributed by atoms with Crippen molar-refractivity contribution in [3.05, 3.63) is 63.2 Å². The van der Waals surface area contributed by atoms with E-state index in [0.717, 1.165) is 16.8 Å². The first-order valence-electron chi connectivity index (χ1n) is 11.5. The van der Waals surface area contributed by atoms with Crippen LogP contribution in [0.4, 0.5) is 9.18 Å². The molecule has 0 radical (unpaired) electrons. The van der Waals surface area contributed by atoms with Gasteiger partial charge >= 0.3 is 23.8 Å². The Bertz CT molecular complexity index is 1290. The zero-order valence-corrected chi connectivity index (χ0v) is 19.9. The lowest BCUT2D eigenvalue weighted by atomic mass is 10.0. The van der Waals surface area contributed by atoms with Gasteiger partial charge in [-0.15, -0.1) is 0 Å². The molecule has 4 atom stereocenters. The predicted octanol–water partition coefficient (Wildman–Crippen LogP) is 1.30. The predicted molar refractivity (Wildman–Crippen MR) is 119 cm³/mol. The molecule has 13 nitrogen and oxygen atoms in total. The van der Waals surface area contributed by atoms with Gasteiger partial charge in [-0.2, -0.15) is 0 Å². The van der Waals surface area contributed by atoms with E-state index in [4.69, 9.17) is 23.7 Å². The van der Waals surface area contributed by atoms with Crippen LogP contribution in [0.5, 0.6) is 0 Å². The third kappa shape index (κ3) is 5.09. The number of carbonyl (C=O) groups is 3. The molecule has 0 aromatic carbocycles. The summed E-state index contributed by atoms with van der Waals surface area (Å²) in [5.41, 5.74) is -1.77. The Morgan fingerprint density at radius 3 is 2.59 bits per heavy atom. The van der Waals surface area contributed by atoms with Crippen molar-refractivity contribution >= 4 is 18.1 Å². The molecule has 0 N–H and O–H groups in total. The molecule has 2 aliphatic heterocycles. The first-order valence-corrected chi connectivity index (χ1v) is 11.5. The first kappa shape index (κ1) is 26.0. The highest BCUT2D eigenvalue weighted by Crippen LogP contribution is 2.44. The minimum Gasteiger partial charge on any atom is -0.459 e. The molecule has 4 heterocycles. The number of ether oxygens (including phenoxy) is 5. The van der Waals surface area contributed by atoms with Crippen LogP contribution in [0.15, 0.2) is 46.4 Å². The number of carbonyl (C=O) groups excluding carboxylic acids is 3. The largest absolute Gasteiger partial charge is 0.509 e. The first-order chi connectivity index (χ1) is 17.7. The van der Waals surface area contributed by atoms with E-state index in [9.17, 15) is 24.0 Å². The number of rotatable bonds is 9. The molecule has 0 aliphatic carbocycles. The normalized spacial score (nSPS) is 24.3. The van der Waals surface area contributed by atoms with E-state index in [1.54, 1.807) is 13.8 Å². The van der Waals surface area contributed by atoms with Crippen LogP contribution in [-0.2, 0) is 35.2 Å². The van der Waals surface area contributed by atoms with Gasteiger partial charge in [-0.3, -0.25) is 19.1 Å². The molecule has 2 aliphatic rings. The second-order valence-corrected chi connectivity index (χ2v) is 8.36. The molecule has 0 amide bonds. The van der Waals surface area contributed by atoms with E-state index >= 15 is 4.39 Å². The molecule has 2 fully saturated rings. The number of esters is 2.